The lowest BCUT2D eigenvalue weighted by atomic mass is 10.2. The maximum Gasteiger partial charge on any atom is 0.255 e. The average molecular weight is 339 g/mol. The minimum absolute atomic E-state index is 0.287. The van der Waals surface area contributed by atoms with Gasteiger partial charge >= 0.3 is 0 Å². The summed E-state index contributed by atoms with van der Waals surface area (Å²) in [4.78, 5) is 12.2. The van der Waals surface area contributed by atoms with Crippen LogP contribution in [-0.2, 0) is 0 Å². The summed E-state index contributed by atoms with van der Waals surface area (Å²) >= 11 is 12.0. The van der Waals surface area contributed by atoms with Crippen molar-refractivity contribution in [2.75, 3.05) is 17.7 Å². The lowest BCUT2D eigenvalue weighted by Gasteiger charge is -2.10. The molecule has 1 amide bonds. The summed E-state index contributed by atoms with van der Waals surface area (Å²) in [5.41, 5.74) is 6.92. The second kappa shape index (κ2) is 7.38. The summed E-state index contributed by atoms with van der Waals surface area (Å²) in [5.74, 6) is 0.441. The molecular weight excluding hydrogens is 323 g/mol. The Bertz CT molecular complexity index is 673. The number of amides is 1. The Balaban J connectivity index is 2.10. The van der Waals surface area contributed by atoms with E-state index in [2.05, 4.69) is 5.32 Å². The molecule has 0 radical (unpaired) electrons. The summed E-state index contributed by atoms with van der Waals surface area (Å²) in [6.45, 7) is 2.67. The molecule has 0 aliphatic heterocycles. The van der Waals surface area contributed by atoms with Crippen LogP contribution in [0.4, 0.5) is 11.4 Å². The Morgan fingerprint density at radius 3 is 2.50 bits per heavy atom. The number of carbonyl (C=O) groups excluding carboxylic acids is 1. The van der Waals surface area contributed by atoms with Gasteiger partial charge in [0, 0.05) is 5.56 Å². The molecule has 0 spiro atoms. The zero-order valence-corrected chi connectivity index (χ0v) is 13.5. The van der Waals surface area contributed by atoms with Crippen LogP contribution in [0.25, 0.3) is 0 Å². The molecule has 4 nitrogen and oxygen atoms in total. The van der Waals surface area contributed by atoms with Gasteiger partial charge in [0.15, 0.2) is 0 Å². The van der Waals surface area contributed by atoms with E-state index in [9.17, 15) is 4.79 Å². The number of rotatable bonds is 5. The number of nitrogens with two attached hydrogens (primary N) is 1. The van der Waals surface area contributed by atoms with E-state index in [0.29, 0.717) is 33.6 Å². The fraction of sp³-hybridized carbons (Fsp3) is 0.188. The maximum atomic E-state index is 12.2. The van der Waals surface area contributed by atoms with Crippen LogP contribution in [0.15, 0.2) is 36.4 Å². The molecule has 0 saturated heterocycles. The number of benzene rings is 2. The number of halogens is 2. The van der Waals surface area contributed by atoms with E-state index in [1.807, 2.05) is 6.92 Å². The third-order valence-corrected chi connectivity index (χ3v) is 3.56. The lowest BCUT2D eigenvalue weighted by molar-refractivity contribution is 0.102. The van der Waals surface area contributed by atoms with Gasteiger partial charge in [0.2, 0.25) is 0 Å². The van der Waals surface area contributed by atoms with Gasteiger partial charge in [0.1, 0.15) is 5.75 Å². The van der Waals surface area contributed by atoms with Crippen molar-refractivity contribution in [1.82, 2.24) is 0 Å². The van der Waals surface area contributed by atoms with Crippen molar-refractivity contribution in [1.29, 1.82) is 0 Å². The van der Waals surface area contributed by atoms with Crippen molar-refractivity contribution in [3.8, 4) is 5.75 Å². The zero-order chi connectivity index (χ0) is 16.1. The SMILES string of the molecule is CCCOc1ccc(C(=O)Nc2cc(Cl)c(N)cc2Cl)cc1. The molecule has 0 aliphatic carbocycles. The van der Waals surface area contributed by atoms with Gasteiger partial charge in [-0.3, -0.25) is 4.79 Å². The largest absolute Gasteiger partial charge is 0.494 e. The molecule has 22 heavy (non-hydrogen) atoms. The van der Waals surface area contributed by atoms with Crippen LogP contribution in [0.3, 0.4) is 0 Å². The molecule has 0 heterocycles. The van der Waals surface area contributed by atoms with Gasteiger partial charge in [0.05, 0.1) is 28.0 Å². The Morgan fingerprint density at radius 1 is 1.18 bits per heavy atom. The number of anilines is 2. The molecule has 0 aliphatic rings. The van der Waals surface area contributed by atoms with Crippen molar-refractivity contribution in [3.63, 3.8) is 0 Å². The Kier molecular flexibility index (Phi) is 5.52. The Morgan fingerprint density at radius 2 is 1.86 bits per heavy atom. The molecule has 6 heteroatoms. The smallest absolute Gasteiger partial charge is 0.255 e. The molecule has 0 atom stereocenters. The van der Waals surface area contributed by atoms with Gasteiger partial charge in [-0.05, 0) is 42.8 Å². The first-order valence-corrected chi connectivity index (χ1v) is 7.55. The van der Waals surface area contributed by atoms with Gasteiger partial charge in [-0.15, -0.1) is 0 Å². The van der Waals surface area contributed by atoms with Crippen LogP contribution < -0.4 is 15.8 Å². The van der Waals surface area contributed by atoms with Gasteiger partial charge in [-0.1, -0.05) is 30.1 Å². The number of hydrogen-bond acceptors (Lipinski definition) is 3. The Labute approximate surface area is 139 Å². The highest BCUT2D eigenvalue weighted by atomic mass is 35.5. The fourth-order valence-electron chi connectivity index (χ4n) is 1.77. The second-order valence-corrected chi connectivity index (χ2v) is 5.49. The summed E-state index contributed by atoms with van der Waals surface area (Å²) in [6.07, 6.45) is 0.929. The average Bonchev–Trinajstić information content (AvgIpc) is 2.51. The number of nitrogens with one attached hydrogen (secondary N) is 1. The van der Waals surface area contributed by atoms with Gasteiger partial charge in [-0.25, -0.2) is 0 Å². The van der Waals surface area contributed by atoms with Crippen LogP contribution >= 0.6 is 23.2 Å². The van der Waals surface area contributed by atoms with Crippen LogP contribution in [0.1, 0.15) is 23.7 Å². The third kappa shape index (κ3) is 4.06. The van der Waals surface area contributed by atoms with E-state index in [1.54, 1.807) is 24.3 Å². The highest BCUT2D eigenvalue weighted by molar-refractivity contribution is 6.37. The summed E-state index contributed by atoms with van der Waals surface area (Å²) in [6, 6.07) is 9.90. The molecule has 0 fully saturated rings. The van der Waals surface area contributed by atoms with E-state index in [-0.39, 0.29) is 5.91 Å². The zero-order valence-electron chi connectivity index (χ0n) is 12.0. The minimum Gasteiger partial charge on any atom is -0.494 e. The minimum atomic E-state index is -0.287. The molecule has 3 N–H and O–H groups in total. The lowest BCUT2D eigenvalue weighted by Crippen LogP contribution is -2.12. The topological polar surface area (TPSA) is 64.3 Å². The van der Waals surface area contributed by atoms with Crippen LogP contribution in [0, 0.1) is 0 Å². The van der Waals surface area contributed by atoms with E-state index in [0.717, 1.165) is 12.2 Å². The van der Waals surface area contributed by atoms with E-state index in [4.69, 9.17) is 33.7 Å². The van der Waals surface area contributed by atoms with Crippen LogP contribution in [0.5, 0.6) is 5.75 Å². The first kappa shape index (κ1) is 16.5. The molecule has 2 rings (SSSR count). The first-order chi connectivity index (χ1) is 10.5. The highest BCUT2D eigenvalue weighted by Gasteiger charge is 2.11. The van der Waals surface area contributed by atoms with E-state index in [1.165, 1.54) is 12.1 Å². The molecule has 2 aromatic rings. The Hall–Kier alpha value is -1.91. The van der Waals surface area contributed by atoms with Gasteiger partial charge < -0.3 is 15.8 Å². The number of hydrogen-bond donors (Lipinski definition) is 2. The van der Waals surface area contributed by atoms with Crippen molar-refractivity contribution >= 4 is 40.5 Å². The van der Waals surface area contributed by atoms with Crippen molar-refractivity contribution in [2.45, 2.75) is 13.3 Å². The van der Waals surface area contributed by atoms with E-state index < -0.39 is 0 Å². The maximum absolute atomic E-state index is 12.2. The van der Waals surface area contributed by atoms with Crippen LogP contribution in [-0.4, -0.2) is 12.5 Å². The van der Waals surface area contributed by atoms with Crippen molar-refractivity contribution in [3.05, 3.63) is 52.0 Å². The number of ether oxygens (including phenoxy) is 1. The van der Waals surface area contributed by atoms with Gasteiger partial charge in [-0.2, -0.15) is 0 Å². The molecule has 0 saturated carbocycles. The van der Waals surface area contributed by atoms with Crippen LogP contribution in [0.2, 0.25) is 10.0 Å². The molecule has 0 bridgehead atoms. The summed E-state index contributed by atoms with van der Waals surface area (Å²) < 4.78 is 5.47. The molecule has 116 valence electrons. The number of carbonyl (C=O) groups is 1. The first-order valence-electron chi connectivity index (χ1n) is 6.80. The molecule has 2 aromatic carbocycles. The number of nitrogen functional groups attached to an aromatic ring is 1. The molecular formula is C16H16Cl2N2O2. The third-order valence-electron chi connectivity index (χ3n) is 2.92. The fourth-order valence-corrected chi connectivity index (χ4v) is 2.16. The highest BCUT2D eigenvalue weighted by Crippen LogP contribution is 2.31. The standard InChI is InChI=1S/C16H16Cl2N2O2/c1-2-7-22-11-5-3-10(4-6-11)16(21)20-15-9-12(17)14(19)8-13(15)18/h3-6,8-9H,2,7,19H2,1H3,(H,20,21). The normalized spacial score (nSPS) is 10.3. The molecule has 0 unspecified atom stereocenters. The molecule has 0 aromatic heterocycles. The summed E-state index contributed by atoms with van der Waals surface area (Å²) in [7, 11) is 0. The van der Waals surface area contributed by atoms with Crippen molar-refractivity contribution in [2.24, 2.45) is 0 Å². The second-order valence-electron chi connectivity index (χ2n) is 4.68. The quantitative estimate of drug-likeness (QED) is 0.782. The monoisotopic (exact) mass is 338 g/mol. The van der Waals surface area contributed by atoms with E-state index >= 15 is 0 Å². The summed E-state index contributed by atoms with van der Waals surface area (Å²) in [5, 5.41) is 3.37. The van der Waals surface area contributed by atoms with Gasteiger partial charge in [0.25, 0.3) is 5.91 Å². The predicted molar refractivity (Wildman–Crippen MR) is 91.1 cm³/mol. The van der Waals surface area contributed by atoms with Crippen molar-refractivity contribution < 1.29 is 9.53 Å². The predicted octanol–water partition coefficient (Wildman–Crippen LogP) is 4.62.